The molecule has 2 amide bonds. The third-order valence-electron chi connectivity index (χ3n) is 10.3. The van der Waals surface area contributed by atoms with Gasteiger partial charge in [0.1, 0.15) is 34.7 Å². The normalized spacial score (nSPS) is 14.6. The summed E-state index contributed by atoms with van der Waals surface area (Å²) in [5.41, 5.74) is -1.57. The van der Waals surface area contributed by atoms with Crippen LogP contribution in [0.5, 0.6) is 23.0 Å². The molecule has 1 aliphatic heterocycles. The van der Waals surface area contributed by atoms with E-state index < -0.39 is 87.2 Å². The Morgan fingerprint density at radius 3 is 1.78 bits per heavy atom. The summed E-state index contributed by atoms with van der Waals surface area (Å²) in [6, 6.07) is 34.3. The molecule has 0 aliphatic carbocycles. The van der Waals surface area contributed by atoms with Gasteiger partial charge in [-0.1, -0.05) is 60.7 Å². The van der Waals surface area contributed by atoms with Crippen LogP contribution < -0.4 is 14.8 Å². The number of nitrogens with zero attached hydrogens (tertiary/aromatic N) is 1. The molecule has 64 heavy (non-hydrogen) atoms. The van der Waals surface area contributed by atoms with Gasteiger partial charge in [0.05, 0.1) is 33.9 Å². The summed E-state index contributed by atoms with van der Waals surface area (Å²) in [5, 5.41) is 34.6. The number of likely N-dealkylation sites (tertiary alicyclic amines) is 1. The van der Waals surface area contributed by atoms with E-state index in [-0.39, 0.29) is 42.3 Å². The Labute approximate surface area is 365 Å². The lowest BCUT2D eigenvalue weighted by atomic mass is 9.95. The molecule has 15 heteroatoms. The van der Waals surface area contributed by atoms with E-state index in [9.17, 15) is 48.9 Å². The number of phenolic OH excluding ortho intramolecular Hbond substituents is 2. The van der Waals surface area contributed by atoms with Gasteiger partial charge in [0, 0.05) is 24.2 Å². The van der Waals surface area contributed by atoms with Crippen molar-refractivity contribution in [2.45, 2.75) is 25.0 Å². The van der Waals surface area contributed by atoms with Crippen LogP contribution in [0.3, 0.4) is 0 Å². The second kappa shape index (κ2) is 19.4. The first-order valence-electron chi connectivity index (χ1n) is 19.9. The Morgan fingerprint density at radius 1 is 0.578 bits per heavy atom. The van der Waals surface area contributed by atoms with Crippen molar-refractivity contribution < 1.29 is 63.1 Å². The Balaban J connectivity index is 1.18. The number of ether oxygens (including phenoxy) is 3. The topological polar surface area (TPSA) is 223 Å². The fourth-order valence-corrected chi connectivity index (χ4v) is 7.07. The first kappa shape index (κ1) is 43.5. The molecule has 0 aromatic heterocycles. The van der Waals surface area contributed by atoms with Crippen LogP contribution in [0.15, 0.2) is 146 Å². The predicted octanol–water partition coefficient (Wildman–Crippen LogP) is 6.73. The van der Waals surface area contributed by atoms with Gasteiger partial charge in [0.2, 0.25) is 5.78 Å². The molecule has 1 aliphatic rings. The predicted molar refractivity (Wildman–Crippen MR) is 228 cm³/mol. The second-order valence-electron chi connectivity index (χ2n) is 14.5. The van der Waals surface area contributed by atoms with Gasteiger partial charge in [0.15, 0.2) is 0 Å². The number of hydrogen-bond donors (Lipinski definition) is 4. The second-order valence-corrected chi connectivity index (χ2v) is 14.5. The first-order valence-corrected chi connectivity index (χ1v) is 19.9. The maximum atomic E-state index is 14.1. The van der Waals surface area contributed by atoms with Crippen molar-refractivity contribution >= 4 is 41.5 Å². The third kappa shape index (κ3) is 9.95. The Bertz CT molecular complexity index is 2740. The highest BCUT2D eigenvalue weighted by Gasteiger charge is 2.35. The molecule has 6 aromatic carbocycles. The van der Waals surface area contributed by atoms with E-state index >= 15 is 0 Å². The van der Waals surface area contributed by atoms with Crippen molar-refractivity contribution in [3.05, 3.63) is 190 Å². The minimum absolute atomic E-state index is 0.0247. The highest BCUT2D eigenvalue weighted by atomic mass is 16.6. The van der Waals surface area contributed by atoms with Crippen LogP contribution in [-0.2, 0) is 4.74 Å². The zero-order valence-corrected chi connectivity index (χ0v) is 33.7. The third-order valence-corrected chi connectivity index (χ3v) is 10.3. The van der Waals surface area contributed by atoms with Crippen molar-refractivity contribution in [2.24, 2.45) is 0 Å². The average Bonchev–Trinajstić information content (AvgIpc) is 3.50. The van der Waals surface area contributed by atoms with Crippen LogP contribution in [0.1, 0.15) is 90.9 Å². The molecular weight excluding hydrogens is 825 g/mol. The number of nitrogens with one attached hydrogen (secondary N) is 1. The molecule has 0 unspecified atom stereocenters. The van der Waals surface area contributed by atoms with Crippen LogP contribution in [-0.4, -0.2) is 86.9 Å². The molecule has 7 rings (SSSR count). The highest BCUT2D eigenvalue weighted by Crippen LogP contribution is 2.36. The minimum atomic E-state index is -1.57. The van der Waals surface area contributed by atoms with Gasteiger partial charge < -0.3 is 39.7 Å². The smallest absolute Gasteiger partial charge is 0.343 e. The number of rotatable bonds is 12. The summed E-state index contributed by atoms with van der Waals surface area (Å²) >= 11 is 0. The van der Waals surface area contributed by atoms with Gasteiger partial charge in [-0.25, -0.2) is 19.2 Å². The summed E-state index contributed by atoms with van der Waals surface area (Å²) in [6.45, 7) is 0.132. The molecule has 4 N–H and O–H groups in total. The SMILES string of the molecule is O=C(N[C@H]1CN(C(=O)c2ccccc2)CCC[C@@H]1OC(=O)c1cc(O)c(C(=O)c2c(O)cccc2C(=O)O)c(OC(=O)c2ccccc2)c1)c1ccc(OC(=O)c2ccccc2)cc1. The Morgan fingerprint density at radius 2 is 1.17 bits per heavy atom. The van der Waals surface area contributed by atoms with Crippen molar-refractivity contribution in [1.82, 2.24) is 10.2 Å². The number of aromatic hydroxyl groups is 2. The van der Waals surface area contributed by atoms with Crippen molar-refractivity contribution in [3.63, 3.8) is 0 Å². The molecule has 15 nitrogen and oxygen atoms in total. The number of hydrogen-bond acceptors (Lipinski definition) is 12. The van der Waals surface area contributed by atoms with Gasteiger partial charge in [-0.15, -0.1) is 0 Å². The number of carbonyl (C=O) groups excluding carboxylic acids is 6. The van der Waals surface area contributed by atoms with Crippen LogP contribution >= 0.6 is 0 Å². The number of phenols is 2. The molecule has 0 saturated carbocycles. The number of benzene rings is 6. The van der Waals surface area contributed by atoms with E-state index in [1.54, 1.807) is 78.9 Å². The summed E-state index contributed by atoms with van der Waals surface area (Å²) in [5.74, 6) is -8.57. The Kier molecular flexibility index (Phi) is 13.2. The van der Waals surface area contributed by atoms with Gasteiger partial charge >= 0.3 is 23.9 Å². The molecule has 0 radical (unpaired) electrons. The van der Waals surface area contributed by atoms with Crippen LogP contribution in [0.4, 0.5) is 0 Å². The van der Waals surface area contributed by atoms with Crippen molar-refractivity contribution in [1.29, 1.82) is 0 Å². The number of carboxylic acid groups (broad SMARTS) is 1. The number of amides is 2. The van der Waals surface area contributed by atoms with Crippen molar-refractivity contribution in [3.8, 4) is 23.0 Å². The molecular formula is C49H38N2O13. The number of aromatic carboxylic acids is 1. The monoisotopic (exact) mass is 862 g/mol. The standard InChI is InChI=1S/C49H38N2O13/c52-37-19-10-18-35(46(57)58)41(37)43(54)42-38(53)26-33(27-40(42)64-48(60)32-16-8-3-9-17-32)49(61)63-39-20-11-25-51(45(56)30-12-4-1-5-13-30)28-36(39)50-44(55)29-21-23-34(24-22-29)62-47(59)31-14-6-2-7-15-31/h1-10,12-19,21-24,26-27,36,39,52-53H,11,20,25,28H2,(H,50,55)(H,57,58)/t36-,39-/m0/s1. The van der Waals surface area contributed by atoms with Gasteiger partial charge in [-0.05, 0) is 97.8 Å². The first-order chi connectivity index (χ1) is 30.9. The van der Waals surface area contributed by atoms with E-state index in [4.69, 9.17) is 14.2 Å². The van der Waals surface area contributed by atoms with Crippen LogP contribution in [0, 0.1) is 0 Å². The summed E-state index contributed by atoms with van der Waals surface area (Å²) in [7, 11) is 0. The maximum Gasteiger partial charge on any atom is 0.343 e. The van der Waals surface area contributed by atoms with Gasteiger partial charge in [-0.2, -0.15) is 0 Å². The average molecular weight is 863 g/mol. The molecule has 1 heterocycles. The zero-order chi connectivity index (χ0) is 45.3. The number of ketones is 1. The number of carboxylic acids is 1. The molecule has 2 atom stereocenters. The van der Waals surface area contributed by atoms with E-state index in [1.807, 2.05) is 0 Å². The van der Waals surface area contributed by atoms with Gasteiger partial charge in [-0.3, -0.25) is 14.4 Å². The fraction of sp³-hybridized carbons (Fsp3) is 0.122. The zero-order valence-electron chi connectivity index (χ0n) is 33.7. The maximum absolute atomic E-state index is 14.1. The quantitative estimate of drug-likeness (QED) is 0.0570. The molecule has 1 saturated heterocycles. The van der Waals surface area contributed by atoms with E-state index in [0.717, 1.165) is 24.3 Å². The molecule has 0 bridgehead atoms. The molecule has 0 spiro atoms. The Hall–Kier alpha value is -8.59. The molecule has 6 aromatic rings. The van der Waals surface area contributed by atoms with E-state index in [2.05, 4.69) is 5.32 Å². The van der Waals surface area contributed by atoms with Crippen LogP contribution in [0.25, 0.3) is 0 Å². The van der Waals surface area contributed by atoms with Crippen LogP contribution in [0.2, 0.25) is 0 Å². The summed E-state index contributed by atoms with van der Waals surface area (Å²) in [4.78, 5) is 95.1. The van der Waals surface area contributed by atoms with Gasteiger partial charge in [0.25, 0.3) is 11.8 Å². The largest absolute Gasteiger partial charge is 0.507 e. The van der Waals surface area contributed by atoms with Crippen molar-refractivity contribution in [2.75, 3.05) is 13.1 Å². The number of carbonyl (C=O) groups is 7. The lowest BCUT2D eigenvalue weighted by Gasteiger charge is -2.29. The lowest BCUT2D eigenvalue weighted by molar-refractivity contribution is 0.0176. The summed E-state index contributed by atoms with van der Waals surface area (Å²) in [6.07, 6.45) is -0.614. The molecule has 322 valence electrons. The fourth-order valence-electron chi connectivity index (χ4n) is 7.07. The molecule has 1 fully saturated rings. The van der Waals surface area contributed by atoms with E-state index in [0.29, 0.717) is 17.5 Å². The lowest BCUT2D eigenvalue weighted by Crippen LogP contribution is -2.51. The van der Waals surface area contributed by atoms with E-state index in [1.165, 1.54) is 47.4 Å². The minimum Gasteiger partial charge on any atom is -0.507 e. The summed E-state index contributed by atoms with van der Waals surface area (Å²) < 4.78 is 17.0. The highest BCUT2D eigenvalue weighted by molar-refractivity contribution is 6.19. The number of esters is 3.